The van der Waals surface area contributed by atoms with E-state index in [1.807, 2.05) is 47.4 Å². The molecule has 0 saturated carbocycles. The maximum absolute atomic E-state index is 12.7. The number of carbonyl (C=O) groups is 2. The third-order valence-electron chi connectivity index (χ3n) is 4.11. The monoisotopic (exact) mass is 308 g/mol. The number of fused-ring (bicyclic) bond motifs is 1. The second-order valence-electron chi connectivity index (χ2n) is 6.00. The zero-order chi connectivity index (χ0) is 16.4. The molecule has 0 bridgehead atoms. The summed E-state index contributed by atoms with van der Waals surface area (Å²) < 4.78 is 0. The standard InChI is InChI=1S/C19H20N2O2/c1-13-11-16-5-3-4-6-18(16)21(13)19(23)12-15-7-9-17(10-8-15)20-14(2)22/h3-10,13H,11-12H2,1-2H3,(H,20,22). The Morgan fingerprint density at radius 2 is 1.83 bits per heavy atom. The van der Waals surface area contributed by atoms with Gasteiger partial charge >= 0.3 is 0 Å². The molecule has 0 aromatic heterocycles. The highest BCUT2D eigenvalue weighted by Crippen LogP contribution is 2.32. The number of nitrogens with zero attached hydrogens (tertiary/aromatic N) is 1. The smallest absolute Gasteiger partial charge is 0.231 e. The van der Waals surface area contributed by atoms with Gasteiger partial charge in [-0.25, -0.2) is 0 Å². The van der Waals surface area contributed by atoms with E-state index >= 15 is 0 Å². The number of para-hydroxylation sites is 1. The quantitative estimate of drug-likeness (QED) is 0.947. The molecule has 2 amide bonds. The minimum absolute atomic E-state index is 0.101. The van der Waals surface area contributed by atoms with Crippen LogP contribution in [0.25, 0.3) is 0 Å². The SMILES string of the molecule is CC(=O)Nc1ccc(CC(=O)N2c3ccccc3CC2C)cc1. The highest BCUT2D eigenvalue weighted by molar-refractivity contribution is 5.97. The maximum Gasteiger partial charge on any atom is 0.231 e. The Hall–Kier alpha value is -2.62. The molecule has 1 heterocycles. The molecule has 4 heteroatoms. The van der Waals surface area contributed by atoms with Crippen LogP contribution >= 0.6 is 0 Å². The van der Waals surface area contributed by atoms with Crippen molar-refractivity contribution >= 4 is 23.2 Å². The van der Waals surface area contributed by atoms with Crippen LogP contribution in [0.1, 0.15) is 25.0 Å². The molecule has 0 aliphatic carbocycles. The van der Waals surface area contributed by atoms with Crippen LogP contribution in [-0.4, -0.2) is 17.9 Å². The van der Waals surface area contributed by atoms with Crippen molar-refractivity contribution < 1.29 is 9.59 Å². The van der Waals surface area contributed by atoms with Crippen molar-refractivity contribution in [3.63, 3.8) is 0 Å². The first kappa shape index (κ1) is 15.3. The van der Waals surface area contributed by atoms with Crippen molar-refractivity contribution in [1.29, 1.82) is 0 Å². The number of anilines is 2. The zero-order valence-corrected chi connectivity index (χ0v) is 13.4. The fourth-order valence-electron chi connectivity index (χ4n) is 3.11. The van der Waals surface area contributed by atoms with Crippen LogP contribution in [-0.2, 0) is 22.4 Å². The molecule has 1 aliphatic rings. The fraction of sp³-hybridized carbons (Fsp3) is 0.263. The first-order chi connectivity index (χ1) is 11.0. The number of hydrogen-bond donors (Lipinski definition) is 1. The number of benzene rings is 2. The van der Waals surface area contributed by atoms with Crippen LogP contribution in [0.4, 0.5) is 11.4 Å². The molecule has 1 unspecified atom stereocenters. The average Bonchev–Trinajstić information content (AvgIpc) is 2.84. The number of amides is 2. The first-order valence-electron chi connectivity index (χ1n) is 7.81. The van der Waals surface area contributed by atoms with E-state index in [4.69, 9.17) is 0 Å². The van der Waals surface area contributed by atoms with Crippen molar-refractivity contribution in [3.8, 4) is 0 Å². The molecule has 0 saturated heterocycles. The zero-order valence-electron chi connectivity index (χ0n) is 13.4. The minimum atomic E-state index is -0.101. The van der Waals surface area contributed by atoms with Crippen molar-refractivity contribution in [3.05, 3.63) is 59.7 Å². The number of carbonyl (C=O) groups excluding carboxylic acids is 2. The van der Waals surface area contributed by atoms with Gasteiger partial charge in [0.15, 0.2) is 0 Å². The maximum atomic E-state index is 12.7. The van der Waals surface area contributed by atoms with Gasteiger partial charge in [-0.05, 0) is 42.7 Å². The van der Waals surface area contributed by atoms with Gasteiger partial charge in [-0.3, -0.25) is 9.59 Å². The average molecular weight is 308 g/mol. The molecule has 1 aliphatic heterocycles. The van der Waals surface area contributed by atoms with Crippen LogP contribution < -0.4 is 10.2 Å². The van der Waals surface area contributed by atoms with Gasteiger partial charge in [0.05, 0.1) is 6.42 Å². The summed E-state index contributed by atoms with van der Waals surface area (Å²) in [5.41, 5.74) is 3.95. The van der Waals surface area contributed by atoms with Crippen molar-refractivity contribution in [2.24, 2.45) is 0 Å². The summed E-state index contributed by atoms with van der Waals surface area (Å²) in [6.07, 6.45) is 1.27. The summed E-state index contributed by atoms with van der Waals surface area (Å²) >= 11 is 0. The van der Waals surface area contributed by atoms with Gasteiger partial charge in [0.1, 0.15) is 0 Å². The van der Waals surface area contributed by atoms with Gasteiger partial charge in [-0.2, -0.15) is 0 Å². The molecular weight excluding hydrogens is 288 g/mol. The molecule has 0 radical (unpaired) electrons. The topological polar surface area (TPSA) is 49.4 Å². The Morgan fingerprint density at radius 1 is 1.13 bits per heavy atom. The highest BCUT2D eigenvalue weighted by Gasteiger charge is 2.30. The van der Waals surface area contributed by atoms with E-state index in [0.29, 0.717) is 6.42 Å². The van der Waals surface area contributed by atoms with Crippen LogP contribution in [0.2, 0.25) is 0 Å². The molecule has 3 rings (SSSR count). The molecule has 1 N–H and O–H groups in total. The van der Waals surface area contributed by atoms with Crippen LogP contribution in [0, 0.1) is 0 Å². The molecule has 2 aromatic rings. The molecule has 23 heavy (non-hydrogen) atoms. The third-order valence-corrected chi connectivity index (χ3v) is 4.11. The third kappa shape index (κ3) is 3.26. The van der Waals surface area contributed by atoms with Crippen molar-refractivity contribution in [2.45, 2.75) is 32.7 Å². The highest BCUT2D eigenvalue weighted by atomic mass is 16.2. The second kappa shape index (κ2) is 6.24. The Morgan fingerprint density at radius 3 is 2.52 bits per heavy atom. The summed E-state index contributed by atoms with van der Waals surface area (Å²) in [7, 11) is 0. The number of nitrogens with one attached hydrogen (secondary N) is 1. The normalized spacial score (nSPS) is 16.1. The molecule has 2 aromatic carbocycles. The molecule has 4 nitrogen and oxygen atoms in total. The van der Waals surface area contributed by atoms with Gasteiger partial charge in [0.2, 0.25) is 11.8 Å². The lowest BCUT2D eigenvalue weighted by molar-refractivity contribution is -0.118. The van der Waals surface area contributed by atoms with Gasteiger partial charge in [0.25, 0.3) is 0 Å². The van der Waals surface area contributed by atoms with E-state index < -0.39 is 0 Å². The van der Waals surface area contributed by atoms with Crippen molar-refractivity contribution in [1.82, 2.24) is 0 Å². The van der Waals surface area contributed by atoms with E-state index in [-0.39, 0.29) is 17.9 Å². The van der Waals surface area contributed by atoms with E-state index in [0.717, 1.165) is 23.4 Å². The molecular formula is C19H20N2O2. The van der Waals surface area contributed by atoms with E-state index in [1.165, 1.54) is 12.5 Å². The summed E-state index contributed by atoms with van der Waals surface area (Å²) in [6.45, 7) is 3.56. The van der Waals surface area contributed by atoms with Gasteiger partial charge in [0, 0.05) is 24.3 Å². The van der Waals surface area contributed by atoms with Gasteiger partial charge in [-0.15, -0.1) is 0 Å². The predicted octanol–water partition coefficient (Wildman–Crippen LogP) is 3.17. The van der Waals surface area contributed by atoms with E-state index in [1.54, 1.807) is 0 Å². The van der Waals surface area contributed by atoms with Gasteiger partial charge in [-0.1, -0.05) is 30.3 Å². The molecule has 118 valence electrons. The van der Waals surface area contributed by atoms with Crippen LogP contribution in [0.15, 0.2) is 48.5 Å². The summed E-state index contributed by atoms with van der Waals surface area (Å²) in [4.78, 5) is 25.6. The second-order valence-corrected chi connectivity index (χ2v) is 6.00. The summed E-state index contributed by atoms with van der Waals surface area (Å²) in [5, 5.41) is 2.73. The predicted molar refractivity (Wildman–Crippen MR) is 91.5 cm³/mol. The Labute approximate surface area is 136 Å². The van der Waals surface area contributed by atoms with Crippen LogP contribution in [0.5, 0.6) is 0 Å². The molecule has 0 spiro atoms. The summed E-state index contributed by atoms with van der Waals surface area (Å²) in [5.74, 6) is 0.00560. The Kier molecular flexibility index (Phi) is 4.15. The van der Waals surface area contributed by atoms with E-state index in [2.05, 4.69) is 18.3 Å². The van der Waals surface area contributed by atoms with Gasteiger partial charge < -0.3 is 10.2 Å². The lowest BCUT2D eigenvalue weighted by atomic mass is 10.1. The van der Waals surface area contributed by atoms with E-state index in [9.17, 15) is 9.59 Å². The summed E-state index contributed by atoms with van der Waals surface area (Å²) in [6, 6.07) is 15.7. The Bertz CT molecular complexity index is 737. The Balaban J connectivity index is 1.73. The number of hydrogen-bond acceptors (Lipinski definition) is 2. The lowest BCUT2D eigenvalue weighted by Gasteiger charge is -2.22. The number of rotatable bonds is 3. The first-order valence-corrected chi connectivity index (χ1v) is 7.81. The van der Waals surface area contributed by atoms with Crippen LogP contribution in [0.3, 0.4) is 0 Å². The minimum Gasteiger partial charge on any atom is -0.326 e. The molecule has 1 atom stereocenters. The molecule has 0 fully saturated rings. The largest absolute Gasteiger partial charge is 0.326 e. The lowest BCUT2D eigenvalue weighted by Crippen LogP contribution is -2.36. The van der Waals surface area contributed by atoms with Crippen molar-refractivity contribution in [2.75, 3.05) is 10.2 Å². The fourth-order valence-corrected chi connectivity index (χ4v) is 3.11.